The summed E-state index contributed by atoms with van der Waals surface area (Å²) in [4.78, 5) is 31.7. The Morgan fingerprint density at radius 1 is 1.05 bits per heavy atom. The molecule has 0 fully saturated rings. The van der Waals surface area contributed by atoms with Crippen molar-refractivity contribution >= 4 is 17.9 Å². The number of benzene rings is 1. The van der Waals surface area contributed by atoms with Crippen LogP contribution in [0.2, 0.25) is 0 Å². The molecule has 0 aliphatic heterocycles. The molecule has 1 aromatic carbocycles. The Hall–Kier alpha value is -2.77. The zero-order chi connectivity index (χ0) is 15.1. The van der Waals surface area contributed by atoms with Crippen molar-refractivity contribution in [3.8, 4) is 11.5 Å². The van der Waals surface area contributed by atoms with E-state index in [4.69, 9.17) is 24.8 Å². The van der Waals surface area contributed by atoms with Crippen molar-refractivity contribution in [1.82, 2.24) is 0 Å². The van der Waals surface area contributed by atoms with Crippen molar-refractivity contribution in [2.75, 3.05) is 6.61 Å². The molecule has 3 N–H and O–H groups in total. The second-order valence-electron chi connectivity index (χ2n) is 3.70. The molecule has 0 heterocycles. The van der Waals surface area contributed by atoms with Crippen LogP contribution in [0.1, 0.15) is 6.42 Å². The predicted octanol–water partition coefficient (Wildman–Crippen LogP) is 0.457. The molecule has 20 heavy (non-hydrogen) atoms. The van der Waals surface area contributed by atoms with Crippen LogP contribution in [0.25, 0.3) is 0 Å². The third-order valence-corrected chi connectivity index (χ3v) is 2.08. The van der Waals surface area contributed by atoms with Crippen LogP contribution in [0.4, 0.5) is 0 Å². The largest absolute Gasteiger partial charge is 0.482 e. The van der Waals surface area contributed by atoms with E-state index < -0.39 is 37.0 Å². The van der Waals surface area contributed by atoms with Gasteiger partial charge in [0.15, 0.2) is 6.61 Å². The minimum absolute atomic E-state index is 0.0709. The smallest absolute Gasteiger partial charge is 0.345 e. The van der Waals surface area contributed by atoms with Crippen molar-refractivity contribution in [2.24, 2.45) is 0 Å². The van der Waals surface area contributed by atoms with Crippen LogP contribution in [0.15, 0.2) is 24.3 Å². The molecule has 0 saturated carbocycles. The maximum absolute atomic E-state index is 10.8. The molecule has 0 saturated heterocycles. The molecule has 0 spiro atoms. The Morgan fingerprint density at radius 3 is 2.25 bits per heavy atom. The van der Waals surface area contributed by atoms with Crippen LogP contribution in [-0.2, 0) is 14.4 Å². The summed E-state index contributed by atoms with van der Waals surface area (Å²) in [6.07, 6.45) is -2.24. The average molecular weight is 284 g/mol. The summed E-state index contributed by atoms with van der Waals surface area (Å²) in [7, 11) is 0. The van der Waals surface area contributed by atoms with E-state index in [1.54, 1.807) is 0 Å². The molecule has 0 amide bonds. The lowest BCUT2D eigenvalue weighted by atomic mass is 10.2. The summed E-state index contributed by atoms with van der Waals surface area (Å²) in [6.45, 7) is -0.555. The van der Waals surface area contributed by atoms with Crippen LogP contribution in [0.5, 0.6) is 11.5 Å². The van der Waals surface area contributed by atoms with Crippen molar-refractivity contribution in [1.29, 1.82) is 0 Å². The molecular formula is C12H12O8. The zero-order valence-corrected chi connectivity index (χ0v) is 10.2. The maximum Gasteiger partial charge on any atom is 0.345 e. The summed E-state index contributed by atoms with van der Waals surface area (Å²) >= 11 is 0. The van der Waals surface area contributed by atoms with Gasteiger partial charge >= 0.3 is 17.9 Å². The first kappa shape index (κ1) is 15.3. The first-order chi connectivity index (χ1) is 9.38. The fraction of sp³-hybridized carbons (Fsp3) is 0.250. The van der Waals surface area contributed by atoms with Crippen LogP contribution in [0, 0.1) is 0 Å². The monoisotopic (exact) mass is 284 g/mol. The summed E-state index contributed by atoms with van der Waals surface area (Å²) in [5.41, 5.74) is 0. The Balaban J connectivity index is 2.74. The highest BCUT2D eigenvalue weighted by Crippen LogP contribution is 2.21. The number of carbonyl (C=O) groups is 3. The number of hydrogen-bond acceptors (Lipinski definition) is 5. The van der Waals surface area contributed by atoms with Gasteiger partial charge < -0.3 is 24.8 Å². The number of aliphatic carboxylic acids is 3. The van der Waals surface area contributed by atoms with Crippen LogP contribution in [0.3, 0.4) is 0 Å². The van der Waals surface area contributed by atoms with E-state index in [0.717, 1.165) is 0 Å². The number of hydrogen-bond donors (Lipinski definition) is 3. The van der Waals surface area contributed by atoms with Gasteiger partial charge in [0.05, 0.1) is 6.42 Å². The van der Waals surface area contributed by atoms with Gasteiger partial charge in [-0.25, -0.2) is 9.59 Å². The number of carboxylic acid groups (broad SMARTS) is 3. The summed E-state index contributed by atoms with van der Waals surface area (Å²) in [5.74, 6) is -3.64. The molecule has 0 aromatic heterocycles. The summed E-state index contributed by atoms with van der Waals surface area (Å²) < 4.78 is 9.91. The van der Waals surface area contributed by atoms with Gasteiger partial charge in [0.2, 0.25) is 6.10 Å². The molecule has 108 valence electrons. The van der Waals surface area contributed by atoms with Crippen LogP contribution < -0.4 is 9.47 Å². The minimum Gasteiger partial charge on any atom is -0.482 e. The van der Waals surface area contributed by atoms with Gasteiger partial charge in [0.25, 0.3) is 0 Å². The highest BCUT2D eigenvalue weighted by molar-refractivity contribution is 5.80. The van der Waals surface area contributed by atoms with Crippen molar-refractivity contribution < 1.29 is 39.2 Å². The van der Waals surface area contributed by atoms with Crippen molar-refractivity contribution in [2.45, 2.75) is 12.5 Å². The van der Waals surface area contributed by atoms with E-state index in [-0.39, 0.29) is 11.5 Å². The number of rotatable bonds is 8. The third kappa shape index (κ3) is 5.25. The van der Waals surface area contributed by atoms with Gasteiger partial charge in [-0.3, -0.25) is 4.79 Å². The quantitative estimate of drug-likeness (QED) is 0.627. The molecular weight excluding hydrogens is 272 g/mol. The average Bonchev–Trinajstić information content (AvgIpc) is 2.35. The lowest BCUT2D eigenvalue weighted by Crippen LogP contribution is -2.29. The van der Waals surface area contributed by atoms with Gasteiger partial charge in [-0.2, -0.15) is 0 Å². The lowest BCUT2D eigenvalue weighted by molar-refractivity contribution is -0.151. The highest BCUT2D eigenvalue weighted by atomic mass is 16.5. The Bertz CT molecular complexity index is 510. The van der Waals surface area contributed by atoms with E-state index in [2.05, 4.69) is 0 Å². The molecule has 0 aliphatic rings. The Kier molecular flexibility index (Phi) is 5.33. The molecule has 0 radical (unpaired) electrons. The molecule has 1 unspecified atom stereocenters. The highest BCUT2D eigenvalue weighted by Gasteiger charge is 2.23. The Morgan fingerprint density at radius 2 is 1.70 bits per heavy atom. The van der Waals surface area contributed by atoms with E-state index in [1.165, 1.54) is 24.3 Å². The second kappa shape index (κ2) is 6.98. The van der Waals surface area contributed by atoms with E-state index in [9.17, 15) is 14.4 Å². The van der Waals surface area contributed by atoms with E-state index in [1.807, 2.05) is 0 Å². The van der Waals surface area contributed by atoms with Gasteiger partial charge in [-0.15, -0.1) is 0 Å². The first-order valence-corrected chi connectivity index (χ1v) is 5.44. The van der Waals surface area contributed by atoms with Crippen molar-refractivity contribution in [3.05, 3.63) is 24.3 Å². The number of carboxylic acids is 3. The second-order valence-corrected chi connectivity index (χ2v) is 3.70. The summed E-state index contributed by atoms with van der Waals surface area (Å²) in [5, 5.41) is 25.9. The van der Waals surface area contributed by atoms with Gasteiger partial charge in [0.1, 0.15) is 11.5 Å². The SMILES string of the molecule is O=C(O)COc1cccc(OC(CC(=O)O)C(=O)O)c1. The molecule has 8 nitrogen and oxygen atoms in total. The van der Waals surface area contributed by atoms with Crippen molar-refractivity contribution in [3.63, 3.8) is 0 Å². The normalized spacial score (nSPS) is 11.4. The van der Waals surface area contributed by atoms with Crippen LogP contribution >= 0.6 is 0 Å². The molecule has 1 atom stereocenters. The molecule has 0 aliphatic carbocycles. The summed E-state index contributed by atoms with van der Waals surface area (Å²) in [6, 6.07) is 5.61. The standard InChI is InChI=1S/C12H12O8/c13-10(14)5-9(12(17)18)20-8-3-1-2-7(4-8)19-6-11(15)16/h1-4,9H,5-6H2,(H,13,14)(H,15,16)(H,17,18). The molecule has 1 rings (SSSR count). The third-order valence-electron chi connectivity index (χ3n) is 2.08. The molecule has 1 aromatic rings. The molecule has 8 heteroatoms. The van der Waals surface area contributed by atoms with E-state index in [0.29, 0.717) is 0 Å². The first-order valence-electron chi connectivity index (χ1n) is 5.44. The fourth-order valence-corrected chi connectivity index (χ4v) is 1.28. The van der Waals surface area contributed by atoms with Gasteiger partial charge in [-0.1, -0.05) is 6.07 Å². The topological polar surface area (TPSA) is 130 Å². The predicted molar refractivity (Wildman–Crippen MR) is 63.9 cm³/mol. The van der Waals surface area contributed by atoms with Gasteiger partial charge in [-0.05, 0) is 12.1 Å². The fourth-order valence-electron chi connectivity index (χ4n) is 1.28. The van der Waals surface area contributed by atoms with Crippen LogP contribution in [-0.4, -0.2) is 45.9 Å². The lowest BCUT2D eigenvalue weighted by Gasteiger charge is -2.14. The Labute approximate surface area is 113 Å². The zero-order valence-electron chi connectivity index (χ0n) is 10.2. The molecule has 0 bridgehead atoms. The minimum atomic E-state index is -1.54. The van der Waals surface area contributed by atoms with E-state index >= 15 is 0 Å². The maximum atomic E-state index is 10.8. The van der Waals surface area contributed by atoms with Gasteiger partial charge in [0, 0.05) is 6.07 Å². The number of ether oxygens (including phenoxy) is 2.